The second-order valence-corrected chi connectivity index (χ2v) is 11.7. The Morgan fingerprint density at radius 1 is 1.25 bits per heavy atom. The molecule has 9 nitrogen and oxygen atoms in total. The number of sulfonamides is 1. The van der Waals surface area contributed by atoms with Gasteiger partial charge in [0.05, 0.1) is 28.8 Å². The number of thiazole rings is 1. The van der Waals surface area contributed by atoms with E-state index in [0.29, 0.717) is 41.8 Å². The predicted octanol–water partition coefficient (Wildman–Crippen LogP) is 4.04. The summed E-state index contributed by atoms with van der Waals surface area (Å²) in [5, 5.41) is 5.18. The van der Waals surface area contributed by atoms with E-state index in [4.69, 9.17) is 21.3 Å². The topological polar surface area (TPSA) is 97.6 Å². The molecule has 0 radical (unpaired) electrons. The zero-order valence-corrected chi connectivity index (χ0v) is 21.8. The van der Waals surface area contributed by atoms with E-state index in [-0.39, 0.29) is 17.3 Å². The molecule has 2 aromatic heterocycles. The lowest BCUT2D eigenvalue weighted by molar-refractivity contribution is -0.121. The molecule has 3 heterocycles. The first-order valence-corrected chi connectivity index (χ1v) is 14.0. The Labute approximate surface area is 217 Å². The summed E-state index contributed by atoms with van der Waals surface area (Å²) >= 11 is 7.32. The van der Waals surface area contributed by atoms with Crippen LogP contribution in [-0.4, -0.2) is 59.6 Å². The second kappa shape index (κ2) is 10.2. The zero-order chi connectivity index (χ0) is 25.3. The van der Waals surface area contributed by atoms with Gasteiger partial charge >= 0.3 is 0 Å². The normalized spacial score (nSPS) is 16.4. The van der Waals surface area contributed by atoms with Crippen molar-refractivity contribution in [1.29, 1.82) is 0 Å². The number of rotatable bonds is 8. The van der Waals surface area contributed by atoms with Crippen molar-refractivity contribution in [3.63, 3.8) is 0 Å². The van der Waals surface area contributed by atoms with Gasteiger partial charge in [-0.3, -0.25) is 14.4 Å². The van der Waals surface area contributed by atoms with Crippen molar-refractivity contribution in [3.05, 3.63) is 65.9 Å². The Morgan fingerprint density at radius 3 is 2.78 bits per heavy atom. The molecule has 1 fully saturated rings. The van der Waals surface area contributed by atoms with Gasteiger partial charge in [0.1, 0.15) is 11.8 Å². The summed E-state index contributed by atoms with van der Waals surface area (Å²) in [5.41, 5.74) is 0.741. The fourth-order valence-corrected chi connectivity index (χ4v) is 7.07. The van der Waals surface area contributed by atoms with Crippen molar-refractivity contribution in [1.82, 2.24) is 19.1 Å². The number of carbonyl (C=O) groups excluding carboxylic acids is 1. The lowest BCUT2D eigenvalue weighted by Gasteiger charge is -2.28. The number of amides is 1. The average Bonchev–Trinajstić information content (AvgIpc) is 3.64. The Hall–Kier alpha value is -2.99. The summed E-state index contributed by atoms with van der Waals surface area (Å²) in [6.45, 7) is 1.00. The van der Waals surface area contributed by atoms with E-state index >= 15 is 0 Å². The van der Waals surface area contributed by atoms with E-state index in [2.05, 4.69) is 5.10 Å². The van der Waals surface area contributed by atoms with Gasteiger partial charge in [-0.25, -0.2) is 13.4 Å². The van der Waals surface area contributed by atoms with Crippen molar-refractivity contribution < 1.29 is 17.9 Å². The maximum Gasteiger partial charge on any atom is 0.247 e. The highest BCUT2D eigenvalue weighted by molar-refractivity contribution is 7.89. The molecule has 4 aromatic rings. The Bertz CT molecular complexity index is 1470. The minimum Gasteiger partial charge on any atom is -0.497 e. The number of ether oxygens (including phenoxy) is 1. The smallest absolute Gasteiger partial charge is 0.247 e. The molecular formula is C24H24ClN5O4S2. The van der Waals surface area contributed by atoms with Gasteiger partial charge in [0.25, 0.3) is 0 Å². The summed E-state index contributed by atoms with van der Waals surface area (Å²) in [6.07, 6.45) is 4.52. The third-order valence-electron chi connectivity index (χ3n) is 6.10. The van der Waals surface area contributed by atoms with Gasteiger partial charge in [-0.2, -0.15) is 9.40 Å². The van der Waals surface area contributed by atoms with Crippen LogP contribution in [0.25, 0.3) is 10.2 Å². The molecule has 5 rings (SSSR count). The van der Waals surface area contributed by atoms with Crippen LogP contribution in [0.3, 0.4) is 0 Å². The number of benzene rings is 2. The molecule has 1 amide bonds. The van der Waals surface area contributed by atoms with Crippen LogP contribution in [0, 0.1) is 0 Å². The average molecular weight is 546 g/mol. The van der Waals surface area contributed by atoms with E-state index in [1.54, 1.807) is 22.9 Å². The van der Waals surface area contributed by atoms with Crippen LogP contribution in [0.4, 0.5) is 5.13 Å². The molecule has 0 saturated carbocycles. The number of nitrogens with zero attached hydrogens (tertiary/aromatic N) is 5. The number of aromatic nitrogens is 3. The van der Waals surface area contributed by atoms with Gasteiger partial charge in [0, 0.05) is 30.5 Å². The molecule has 12 heteroatoms. The van der Waals surface area contributed by atoms with E-state index in [9.17, 15) is 13.2 Å². The van der Waals surface area contributed by atoms with E-state index in [1.807, 2.05) is 30.5 Å². The molecule has 0 spiro atoms. The maximum absolute atomic E-state index is 14.0. The van der Waals surface area contributed by atoms with Crippen molar-refractivity contribution in [2.45, 2.75) is 30.3 Å². The van der Waals surface area contributed by atoms with Crippen molar-refractivity contribution in [3.8, 4) is 5.75 Å². The Morgan fingerprint density at radius 2 is 2.06 bits per heavy atom. The first-order valence-electron chi connectivity index (χ1n) is 11.4. The quantitative estimate of drug-likeness (QED) is 0.331. The fraction of sp³-hybridized carbons (Fsp3) is 0.292. The number of halogens is 1. The van der Waals surface area contributed by atoms with Gasteiger partial charge < -0.3 is 4.74 Å². The Kier molecular flexibility index (Phi) is 6.98. The third kappa shape index (κ3) is 4.83. The van der Waals surface area contributed by atoms with Crippen LogP contribution in [0.1, 0.15) is 12.8 Å². The van der Waals surface area contributed by atoms with Crippen LogP contribution in [0.15, 0.2) is 65.8 Å². The molecule has 1 aliphatic rings. The molecule has 1 saturated heterocycles. The first kappa shape index (κ1) is 24.7. The van der Waals surface area contributed by atoms with E-state index in [0.717, 1.165) is 10.2 Å². The molecule has 0 bridgehead atoms. The predicted molar refractivity (Wildman–Crippen MR) is 139 cm³/mol. The van der Waals surface area contributed by atoms with Crippen molar-refractivity contribution in [2.75, 3.05) is 25.1 Å². The van der Waals surface area contributed by atoms with E-state index in [1.165, 1.54) is 39.9 Å². The third-order valence-corrected chi connectivity index (χ3v) is 9.32. The van der Waals surface area contributed by atoms with Gasteiger partial charge in [-0.1, -0.05) is 22.9 Å². The lowest BCUT2D eigenvalue weighted by atomic mass is 10.2. The van der Waals surface area contributed by atoms with Gasteiger partial charge in [0.15, 0.2) is 5.13 Å². The van der Waals surface area contributed by atoms with Crippen LogP contribution in [0.5, 0.6) is 5.75 Å². The maximum atomic E-state index is 14.0. The SMILES string of the molecule is COc1ccc2nc(N(CCn3cccn3)C(=O)C3CCCN3S(=O)(=O)c3ccc(Cl)cc3)sc2c1. The molecular weight excluding hydrogens is 522 g/mol. The van der Waals surface area contributed by atoms with Crippen molar-refractivity contribution in [2.24, 2.45) is 0 Å². The summed E-state index contributed by atoms with van der Waals surface area (Å²) in [4.78, 5) is 20.3. The number of anilines is 1. The summed E-state index contributed by atoms with van der Waals surface area (Å²) in [6, 6.07) is 12.5. The van der Waals surface area contributed by atoms with Gasteiger partial charge in [-0.15, -0.1) is 0 Å². The monoisotopic (exact) mass is 545 g/mol. The fourth-order valence-electron chi connectivity index (χ4n) is 4.27. The molecule has 0 N–H and O–H groups in total. The van der Waals surface area contributed by atoms with Crippen molar-refractivity contribution >= 4 is 54.2 Å². The number of fused-ring (bicyclic) bond motifs is 1. The Balaban J connectivity index is 1.48. The van der Waals surface area contributed by atoms with Crippen LogP contribution in [-0.2, 0) is 21.4 Å². The second-order valence-electron chi connectivity index (χ2n) is 8.32. The summed E-state index contributed by atoms with van der Waals surface area (Å²) < 4.78 is 36.1. The van der Waals surface area contributed by atoms with Crippen LogP contribution >= 0.6 is 22.9 Å². The first-order chi connectivity index (χ1) is 17.4. The minimum absolute atomic E-state index is 0.113. The number of methoxy groups -OCH3 is 1. The number of carbonyl (C=O) groups is 1. The molecule has 0 aliphatic carbocycles. The summed E-state index contributed by atoms with van der Waals surface area (Å²) in [7, 11) is -2.28. The zero-order valence-electron chi connectivity index (χ0n) is 19.4. The molecule has 188 valence electrons. The van der Waals surface area contributed by atoms with Crippen LogP contribution < -0.4 is 9.64 Å². The standard InChI is InChI=1S/C24H24ClN5O4S2/c1-34-18-7-10-20-22(16-18)35-24(27-20)29(15-14-28-12-3-11-26-28)23(31)21-4-2-13-30(21)36(32,33)19-8-5-17(25)6-9-19/h3,5-12,16,21H,2,4,13-15H2,1H3. The summed E-state index contributed by atoms with van der Waals surface area (Å²) in [5.74, 6) is 0.395. The molecule has 1 aliphatic heterocycles. The highest BCUT2D eigenvalue weighted by Gasteiger charge is 2.42. The van der Waals surface area contributed by atoms with E-state index < -0.39 is 16.1 Å². The van der Waals surface area contributed by atoms with Crippen LogP contribution in [0.2, 0.25) is 5.02 Å². The van der Waals surface area contributed by atoms with Gasteiger partial charge in [-0.05, 0) is 61.4 Å². The number of hydrogen-bond acceptors (Lipinski definition) is 7. The molecule has 36 heavy (non-hydrogen) atoms. The molecule has 2 aromatic carbocycles. The van der Waals surface area contributed by atoms with Gasteiger partial charge in [0.2, 0.25) is 15.9 Å². The highest BCUT2D eigenvalue weighted by atomic mass is 35.5. The highest BCUT2D eigenvalue weighted by Crippen LogP contribution is 2.34. The number of hydrogen-bond donors (Lipinski definition) is 0. The molecule has 1 atom stereocenters. The largest absolute Gasteiger partial charge is 0.497 e. The lowest BCUT2D eigenvalue weighted by Crippen LogP contribution is -2.48. The molecule has 1 unspecified atom stereocenters. The minimum atomic E-state index is -3.88.